The summed E-state index contributed by atoms with van der Waals surface area (Å²) >= 11 is 0. The van der Waals surface area contributed by atoms with Crippen LogP contribution >= 0.6 is 0 Å². The zero-order valence-corrected chi connectivity index (χ0v) is 18.3. The lowest BCUT2D eigenvalue weighted by Gasteiger charge is -2.49. The fraction of sp³-hybridized carbons (Fsp3) is 0.478. The van der Waals surface area contributed by atoms with Gasteiger partial charge >= 0.3 is 0 Å². The Bertz CT molecular complexity index is 933. The third-order valence-electron chi connectivity index (χ3n) is 6.17. The molecule has 3 heterocycles. The summed E-state index contributed by atoms with van der Waals surface area (Å²) in [5.41, 5.74) is 0.985. The van der Waals surface area contributed by atoms with Crippen molar-refractivity contribution in [3.8, 4) is 0 Å². The number of amides is 3. The predicted octanol–water partition coefficient (Wildman–Crippen LogP) is 0.413. The van der Waals surface area contributed by atoms with Gasteiger partial charge in [0.2, 0.25) is 17.7 Å². The summed E-state index contributed by atoms with van der Waals surface area (Å²) in [7, 11) is 1.60. The van der Waals surface area contributed by atoms with E-state index in [-0.39, 0.29) is 30.7 Å². The van der Waals surface area contributed by atoms with Gasteiger partial charge in [0.1, 0.15) is 12.1 Å². The Hall–Kier alpha value is -3.20. The lowest BCUT2D eigenvalue weighted by atomic mass is 9.96. The van der Waals surface area contributed by atoms with Gasteiger partial charge in [-0.2, -0.15) is 5.10 Å². The molecule has 2 fully saturated rings. The van der Waals surface area contributed by atoms with Crippen molar-refractivity contribution in [2.24, 2.45) is 0 Å². The van der Waals surface area contributed by atoms with Gasteiger partial charge in [0.05, 0.1) is 13.2 Å². The Labute approximate surface area is 187 Å². The Kier molecular flexibility index (Phi) is 6.84. The third-order valence-corrected chi connectivity index (χ3v) is 6.17. The highest BCUT2D eigenvalue weighted by Crippen LogP contribution is 2.25. The smallest absolute Gasteiger partial charge is 0.247 e. The molecule has 170 valence electrons. The normalized spacial score (nSPS) is 21.1. The maximum atomic E-state index is 13.5. The van der Waals surface area contributed by atoms with Crippen molar-refractivity contribution in [1.29, 1.82) is 0 Å². The van der Waals surface area contributed by atoms with Crippen molar-refractivity contribution in [3.05, 3.63) is 54.4 Å². The molecule has 2 atom stereocenters. The number of carbonyl (C=O) groups is 3. The van der Waals surface area contributed by atoms with E-state index in [0.29, 0.717) is 39.2 Å². The number of aryl methyl sites for hydroxylation is 1. The zero-order chi connectivity index (χ0) is 22.5. The highest BCUT2D eigenvalue weighted by atomic mass is 16.5. The summed E-state index contributed by atoms with van der Waals surface area (Å²) in [6.45, 7) is 2.51. The fourth-order valence-corrected chi connectivity index (χ4v) is 4.44. The van der Waals surface area contributed by atoms with E-state index in [1.807, 2.05) is 30.3 Å². The Balaban J connectivity index is 1.54. The molecule has 2 aromatic rings. The second kappa shape index (κ2) is 9.95. The van der Waals surface area contributed by atoms with Crippen molar-refractivity contribution in [2.45, 2.75) is 31.5 Å². The maximum absolute atomic E-state index is 13.5. The van der Waals surface area contributed by atoms with Crippen LogP contribution in [0.15, 0.2) is 48.8 Å². The molecule has 9 heteroatoms. The van der Waals surface area contributed by atoms with Crippen LogP contribution in [0.3, 0.4) is 0 Å². The molecular formula is C23H29N5O4. The van der Waals surface area contributed by atoms with Crippen LogP contribution in [0, 0.1) is 0 Å². The van der Waals surface area contributed by atoms with Crippen molar-refractivity contribution >= 4 is 17.7 Å². The molecule has 2 aliphatic rings. The highest BCUT2D eigenvalue weighted by Gasteiger charge is 2.47. The molecule has 3 amide bonds. The maximum Gasteiger partial charge on any atom is 0.247 e. The number of hydrogen-bond acceptors (Lipinski definition) is 5. The van der Waals surface area contributed by atoms with Gasteiger partial charge in [0.25, 0.3) is 0 Å². The van der Waals surface area contributed by atoms with Crippen LogP contribution in [0.1, 0.15) is 12.0 Å². The Morgan fingerprint density at radius 1 is 1.09 bits per heavy atom. The van der Waals surface area contributed by atoms with Gasteiger partial charge in [-0.1, -0.05) is 30.3 Å². The first kappa shape index (κ1) is 22.0. The molecular weight excluding hydrogens is 410 g/mol. The molecule has 0 spiro atoms. The third kappa shape index (κ3) is 4.67. The quantitative estimate of drug-likeness (QED) is 0.595. The molecule has 2 unspecified atom stereocenters. The second-order valence-electron chi connectivity index (χ2n) is 8.14. The molecule has 0 saturated carbocycles. The first-order chi connectivity index (χ1) is 15.6. The molecule has 32 heavy (non-hydrogen) atoms. The van der Waals surface area contributed by atoms with Gasteiger partial charge in [-0.05, 0) is 11.6 Å². The minimum atomic E-state index is -0.645. The van der Waals surface area contributed by atoms with E-state index in [1.54, 1.807) is 45.0 Å². The number of nitrogens with zero attached hydrogens (tertiary/aromatic N) is 5. The Morgan fingerprint density at radius 2 is 1.91 bits per heavy atom. The average Bonchev–Trinajstić information content (AvgIpc) is 3.33. The fourth-order valence-electron chi connectivity index (χ4n) is 4.44. The average molecular weight is 440 g/mol. The van der Waals surface area contributed by atoms with E-state index in [1.165, 1.54) is 0 Å². The molecule has 1 aromatic heterocycles. The van der Waals surface area contributed by atoms with Gasteiger partial charge in [-0.3, -0.25) is 19.1 Å². The topological polar surface area (TPSA) is 88.0 Å². The van der Waals surface area contributed by atoms with Crippen LogP contribution in [0.2, 0.25) is 0 Å². The van der Waals surface area contributed by atoms with E-state index in [2.05, 4.69) is 5.10 Å². The molecule has 0 aliphatic carbocycles. The molecule has 0 N–H and O–H groups in total. The first-order valence-electron chi connectivity index (χ1n) is 11.0. The molecule has 1 aromatic carbocycles. The number of methoxy groups -OCH3 is 1. The number of hydrogen-bond donors (Lipinski definition) is 0. The Morgan fingerprint density at radius 3 is 2.62 bits per heavy atom. The summed E-state index contributed by atoms with van der Waals surface area (Å²) < 4.78 is 6.81. The largest absolute Gasteiger partial charge is 0.383 e. The number of benzene rings is 1. The van der Waals surface area contributed by atoms with Crippen LogP contribution in [0.25, 0.3) is 0 Å². The van der Waals surface area contributed by atoms with Crippen molar-refractivity contribution in [3.63, 3.8) is 0 Å². The lowest BCUT2D eigenvalue weighted by molar-refractivity contribution is -0.166. The molecule has 2 saturated heterocycles. The predicted molar refractivity (Wildman–Crippen MR) is 116 cm³/mol. The minimum absolute atomic E-state index is 0.121. The lowest BCUT2D eigenvalue weighted by Crippen LogP contribution is -2.70. The van der Waals surface area contributed by atoms with Gasteiger partial charge in [-0.25, -0.2) is 0 Å². The minimum Gasteiger partial charge on any atom is -0.383 e. The SMILES string of the molecule is COCCN1CCN2C(=O)C(Cc3ccccc3)N(C(=O)CCn3cccn3)CC2C1=O. The molecule has 2 aliphatic heterocycles. The highest BCUT2D eigenvalue weighted by molar-refractivity contribution is 5.95. The van der Waals surface area contributed by atoms with E-state index < -0.39 is 12.1 Å². The number of piperazine rings is 2. The van der Waals surface area contributed by atoms with E-state index >= 15 is 0 Å². The number of carbonyl (C=O) groups excluding carboxylic acids is 3. The van der Waals surface area contributed by atoms with Crippen LogP contribution in [0.4, 0.5) is 0 Å². The van der Waals surface area contributed by atoms with Crippen molar-refractivity contribution in [2.75, 3.05) is 39.9 Å². The molecule has 4 rings (SSSR count). The zero-order valence-electron chi connectivity index (χ0n) is 18.3. The van der Waals surface area contributed by atoms with Gasteiger partial charge in [0, 0.05) is 58.5 Å². The summed E-state index contributed by atoms with van der Waals surface area (Å²) in [5, 5.41) is 4.15. The molecule has 9 nitrogen and oxygen atoms in total. The van der Waals surface area contributed by atoms with Crippen LogP contribution in [0.5, 0.6) is 0 Å². The van der Waals surface area contributed by atoms with Crippen LogP contribution in [-0.4, -0.2) is 94.2 Å². The number of rotatable bonds is 8. The van der Waals surface area contributed by atoms with Crippen molar-refractivity contribution in [1.82, 2.24) is 24.5 Å². The standard InChI is InChI=1S/C23H29N5O4/c1-32-15-14-25-12-13-27-20(22(25)30)17-28(21(29)8-11-26-10-5-9-24-26)19(23(27)31)16-18-6-3-2-4-7-18/h2-7,9-10,19-20H,8,11-17H2,1H3. The summed E-state index contributed by atoms with van der Waals surface area (Å²) in [6, 6.07) is 10.2. The number of aromatic nitrogens is 2. The van der Waals surface area contributed by atoms with E-state index in [4.69, 9.17) is 4.74 Å². The molecule has 0 radical (unpaired) electrons. The number of fused-ring (bicyclic) bond motifs is 1. The molecule has 0 bridgehead atoms. The summed E-state index contributed by atoms with van der Waals surface area (Å²) in [6.07, 6.45) is 4.11. The van der Waals surface area contributed by atoms with E-state index in [0.717, 1.165) is 5.56 Å². The van der Waals surface area contributed by atoms with Crippen LogP contribution < -0.4 is 0 Å². The summed E-state index contributed by atoms with van der Waals surface area (Å²) in [4.78, 5) is 44.9. The second-order valence-corrected chi connectivity index (χ2v) is 8.14. The van der Waals surface area contributed by atoms with Gasteiger partial charge in [0.15, 0.2) is 0 Å². The van der Waals surface area contributed by atoms with Crippen molar-refractivity contribution < 1.29 is 19.1 Å². The van der Waals surface area contributed by atoms with E-state index in [9.17, 15) is 14.4 Å². The first-order valence-corrected chi connectivity index (χ1v) is 11.0. The van der Waals surface area contributed by atoms with Gasteiger partial charge < -0.3 is 19.4 Å². The number of ether oxygens (including phenoxy) is 1. The van der Waals surface area contributed by atoms with Gasteiger partial charge in [-0.15, -0.1) is 0 Å². The monoisotopic (exact) mass is 439 g/mol. The summed E-state index contributed by atoms with van der Waals surface area (Å²) in [5.74, 6) is -0.418. The van der Waals surface area contributed by atoms with Crippen LogP contribution in [-0.2, 0) is 32.1 Å².